The third kappa shape index (κ3) is 4.36. The van der Waals surface area contributed by atoms with Crippen LogP contribution in [-0.4, -0.2) is 22.2 Å². The number of hydrogen-bond donors (Lipinski definition) is 2. The summed E-state index contributed by atoms with van der Waals surface area (Å²) in [6, 6.07) is 26.6. The standard InChI is InChI=1S/C31H27NO4/c1-31(2,3)32-30-27(29(35)21-12-8-5-9-13-21)26(28(34)20-10-6-4-7-11-20)25-23-18-22(33)16-14-19(23)15-17-24(25)36-30/h4-18,26,32-33H,1-3H3. The highest BCUT2D eigenvalue weighted by molar-refractivity contribution is 6.18. The fourth-order valence-electron chi connectivity index (χ4n) is 4.58. The van der Waals surface area contributed by atoms with Gasteiger partial charge >= 0.3 is 0 Å². The van der Waals surface area contributed by atoms with E-state index < -0.39 is 11.5 Å². The maximum Gasteiger partial charge on any atom is 0.202 e. The van der Waals surface area contributed by atoms with Crippen molar-refractivity contribution in [2.75, 3.05) is 0 Å². The van der Waals surface area contributed by atoms with Crippen LogP contribution in [0.2, 0.25) is 0 Å². The number of carbonyl (C=O) groups excluding carboxylic acids is 2. The zero-order chi connectivity index (χ0) is 25.4. The van der Waals surface area contributed by atoms with Gasteiger partial charge in [0, 0.05) is 22.2 Å². The van der Waals surface area contributed by atoms with Crippen molar-refractivity contribution in [2.45, 2.75) is 32.2 Å². The highest BCUT2D eigenvalue weighted by Gasteiger charge is 2.41. The van der Waals surface area contributed by atoms with Crippen molar-refractivity contribution in [1.82, 2.24) is 5.32 Å². The van der Waals surface area contributed by atoms with Gasteiger partial charge in [0.05, 0.1) is 11.5 Å². The van der Waals surface area contributed by atoms with Gasteiger partial charge in [-0.15, -0.1) is 0 Å². The molecule has 4 aromatic carbocycles. The Morgan fingerprint density at radius 1 is 0.833 bits per heavy atom. The summed E-state index contributed by atoms with van der Waals surface area (Å²) >= 11 is 0. The highest BCUT2D eigenvalue weighted by Crippen LogP contribution is 2.46. The predicted octanol–water partition coefficient (Wildman–Crippen LogP) is 6.39. The third-order valence-electron chi connectivity index (χ3n) is 6.13. The van der Waals surface area contributed by atoms with Crippen LogP contribution < -0.4 is 10.1 Å². The zero-order valence-corrected chi connectivity index (χ0v) is 20.4. The van der Waals surface area contributed by atoms with Crippen LogP contribution in [0.5, 0.6) is 11.5 Å². The molecule has 1 unspecified atom stereocenters. The van der Waals surface area contributed by atoms with E-state index in [-0.39, 0.29) is 28.8 Å². The first kappa shape index (κ1) is 23.4. The molecule has 0 aromatic heterocycles. The first-order chi connectivity index (χ1) is 17.2. The Morgan fingerprint density at radius 2 is 1.44 bits per heavy atom. The number of rotatable bonds is 5. The zero-order valence-electron chi connectivity index (χ0n) is 20.4. The minimum absolute atomic E-state index is 0.0698. The van der Waals surface area contributed by atoms with Crippen LogP contribution in [0.3, 0.4) is 0 Å². The Bertz CT molecular complexity index is 1500. The van der Waals surface area contributed by atoms with E-state index in [1.54, 1.807) is 66.7 Å². The number of fused-ring (bicyclic) bond motifs is 3. The molecule has 1 aliphatic rings. The fraction of sp³-hybridized carbons (Fsp3) is 0.161. The summed E-state index contributed by atoms with van der Waals surface area (Å²) in [6.07, 6.45) is 0. The van der Waals surface area contributed by atoms with E-state index in [0.717, 1.165) is 5.39 Å². The first-order valence-electron chi connectivity index (χ1n) is 11.9. The lowest BCUT2D eigenvalue weighted by Crippen LogP contribution is -2.41. The van der Waals surface area contributed by atoms with Crippen LogP contribution in [0.25, 0.3) is 10.8 Å². The van der Waals surface area contributed by atoms with Gasteiger partial charge in [-0.3, -0.25) is 9.59 Å². The van der Waals surface area contributed by atoms with Crippen LogP contribution in [0.4, 0.5) is 0 Å². The van der Waals surface area contributed by atoms with E-state index in [2.05, 4.69) is 5.32 Å². The average Bonchev–Trinajstić information content (AvgIpc) is 2.87. The quantitative estimate of drug-likeness (QED) is 0.326. The largest absolute Gasteiger partial charge is 0.508 e. The summed E-state index contributed by atoms with van der Waals surface area (Å²) in [6.45, 7) is 5.90. The van der Waals surface area contributed by atoms with Gasteiger partial charge in [0.25, 0.3) is 0 Å². The number of Topliss-reactive ketones (excluding diaryl/α,β-unsaturated/α-hetero) is 2. The number of allylic oxidation sites excluding steroid dienone is 1. The molecule has 0 fully saturated rings. The highest BCUT2D eigenvalue weighted by atomic mass is 16.5. The van der Waals surface area contributed by atoms with Crippen molar-refractivity contribution in [2.24, 2.45) is 0 Å². The number of benzene rings is 4. The number of phenols is 1. The minimum Gasteiger partial charge on any atom is -0.508 e. The number of carbonyl (C=O) groups is 2. The number of aromatic hydroxyl groups is 1. The maximum atomic E-state index is 14.2. The Morgan fingerprint density at radius 3 is 2.08 bits per heavy atom. The Balaban J connectivity index is 1.83. The Labute approximate surface area is 210 Å². The number of phenolic OH excluding ortho intramolecular Hbond substituents is 1. The van der Waals surface area contributed by atoms with Crippen LogP contribution >= 0.6 is 0 Å². The van der Waals surface area contributed by atoms with Crippen molar-refractivity contribution in [3.8, 4) is 11.5 Å². The van der Waals surface area contributed by atoms with E-state index in [0.29, 0.717) is 27.8 Å². The second-order valence-electron chi connectivity index (χ2n) is 9.96. The summed E-state index contributed by atoms with van der Waals surface area (Å²) in [7, 11) is 0. The summed E-state index contributed by atoms with van der Waals surface area (Å²) < 4.78 is 6.34. The molecule has 0 aliphatic carbocycles. The average molecular weight is 478 g/mol. The van der Waals surface area contributed by atoms with Crippen LogP contribution in [-0.2, 0) is 0 Å². The van der Waals surface area contributed by atoms with Gasteiger partial charge in [0.2, 0.25) is 5.88 Å². The van der Waals surface area contributed by atoms with Gasteiger partial charge in [-0.05, 0) is 49.7 Å². The molecule has 180 valence electrons. The van der Waals surface area contributed by atoms with Gasteiger partial charge in [-0.1, -0.05) is 72.8 Å². The Kier molecular flexibility index (Phi) is 5.84. The van der Waals surface area contributed by atoms with E-state index in [1.807, 2.05) is 45.0 Å². The van der Waals surface area contributed by atoms with E-state index >= 15 is 0 Å². The fourth-order valence-corrected chi connectivity index (χ4v) is 4.58. The van der Waals surface area contributed by atoms with Crippen molar-refractivity contribution in [3.05, 3.63) is 119 Å². The van der Waals surface area contributed by atoms with Crippen LogP contribution in [0, 0.1) is 0 Å². The smallest absolute Gasteiger partial charge is 0.202 e. The van der Waals surface area contributed by atoms with E-state index in [1.165, 1.54) is 0 Å². The molecule has 0 saturated heterocycles. The van der Waals surface area contributed by atoms with Gasteiger partial charge in [0.15, 0.2) is 11.6 Å². The normalized spacial score (nSPS) is 15.2. The molecule has 5 rings (SSSR count). The van der Waals surface area contributed by atoms with Gasteiger partial charge in [0.1, 0.15) is 11.5 Å². The lowest BCUT2D eigenvalue weighted by Gasteiger charge is -2.34. The summed E-state index contributed by atoms with van der Waals surface area (Å²) in [5.41, 5.74) is 1.32. The molecule has 1 aliphatic heterocycles. The number of nitrogens with one attached hydrogen (secondary N) is 1. The molecule has 36 heavy (non-hydrogen) atoms. The number of ether oxygens (including phenoxy) is 1. The van der Waals surface area contributed by atoms with Gasteiger partial charge in [-0.25, -0.2) is 0 Å². The number of hydrogen-bond acceptors (Lipinski definition) is 5. The summed E-state index contributed by atoms with van der Waals surface area (Å²) in [4.78, 5) is 28.3. The molecule has 2 N–H and O–H groups in total. The molecule has 0 amide bonds. The molecule has 0 spiro atoms. The summed E-state index contributed by atoms with van der Waals surface area (Å²) in [5.74, 6) is -0.654. The first-order valence-corrected chi connectivity index (χ1v) is 11.9. The van der Waals surface area contributed by atoms with Gasteiger partial charge in [-0.2, -0.15) is 0 Å². The van der Waals surface area contributed by atoms with Crippen LogP contribution in [0.15, 0.2) is 102 Å². The van der Waals surface area contributed by atoms with Crippen molar-refractivity contribution in [3.63, 3.8) is 0 Å². The van der Waals surface area contributed by atoms with Crippen LogP contribution in [0.1, 0.15) is 53.0 Å². The van der Waals surface area contributed by atoms with E-state index in [9.17, 15) is 14.7 Å². The molecule has 4 aromatic rings. The molecule has 1 atom stereocenters. The molecule has 5 nitrogen and oxygen atoms in total. The molecule has 5 heteroatoms. The maximum absolute atomic E-state index is 14.2. The predicted molar refractivity (Wildman–Crippen MR) is 140 cm³/mol. The van der Waals surface area contributed by atoms with Crippen molar-refractivity contribution in [1.29, 1.82) is 0 Å². The molecule has 1 heterocycles. The number of ketones is 2. The molecule has 0 saturated carbocycles. The lowest BCUT2D eigenvalue weighted by molar-refractivity contribution is 0.0926. The molecule has 0 bridgehead atoms. The van der Waals surface area contributed by atoms with Gasteiger partial charge < -0.3 is 15.2 Å². The monoisotopic (exact) mass is 477 g/mol. The third-order valence-corrected chi connectivity index (χ3v) is 6.13. The molecular formula is C31H27NO4. The summed E-state index contributed by atoms with van der Waals surface area (Å²) in [5, 5.41) is 15.1. The van der Waals surface area contributed by atoms with Crippen molar-refractivity contribution < 1.29 is 19.4 Å². The minimum atomic E-state index is -0.945. The second-order valence-corrected chi connectivity index (χ2v) is 9.96. The van der Waals surface area contributed by atoms with E-state index in [4.69, 9.17) is 4.74 Å². The van der Waals surface area contributed by atoms with Crippen molar-refractivity contribution >= 4 is 22.3 Å². The molecule has 0 radical (unpaired) electrons. The lowest BCUT2D eigenvalue weighted by atomic mass is 9.78. The Hall–Kier alpha value is -4.38. The second kappa shape index (κ2) is 9.00. The SMILES string of the molecule is CC(C)(C)NC1=C(C(=O)c2ccccc2)C(C(=O)c2ccccc2)c2c(ccc3ccc(O)cc23)O1. The molecular weight excluding hydrogens is 450 g/mol. The topological polar surface area (TPSA) is 75.6 Å².